The predicted molar refractivity (Wildman–Crippen MR) is 167 cm³/mol. The average Bonchev–Trinajstić information content (AvgIpc) is 2.97. The summed E-state index contributed by atoms with van der Waals surface area (Å²) in [5.41, 5.74) is 1.38. The molecule has 0 saturated heterocycles. The molecule has 0 aliphatic heterocycles. The zero-order valence-electron chi connectivity index (χ0n) is 25.2. The van der Waals surface area contributed by atoms with Gasteiger partial charge in [0.05, 0.1) is 0 Å². The normalized spacial score (nSPS) is 11.1. The van der Waals surface area contributed by atoms with Crippen LogP contribution < -0.4 is 11.3 Å². The van der Waals surface area contributed by atoms with Crippen LogP contribution in [0.4, 0.5) is 0 Å². The zero-order valence-corrected chi connectivity index (χ0v) is 25.2. The number of aryl methyl sites for hydroxylation is 2. The van der Waals surface area contributed by atoms with Crippen molar-refractivity contribution in [1.82, 2.24) is 0 Å². The first-order chi connectivity index (χ1) is 21.4. The van der Waals surface area contributed by atoms with Crippen LogP contribution in [0.3, 0.4) is 0 Å². The third kappa shape index (κ3) is 9.82. The van der Waals surface area contributed by atoms with E-state index in [1.807, 2.05) is 30.3 Å². The summed E-state index contributed by atoms with van der Waals surface area (Å²) in [6, 6.07) is 21.3. The van der Waals surface area contributed by atoms with Crippen molar-refractivity contribution in [3.8, 4) is 11.5 Å². The molecule has 0 aliphatic carbocycles. The molecule has 0 aliphatic rings. The lowest BCUT2D eigenvalue weighted by Gasteiger charge is -2.19. The molecule has 5 rings (SSSR count). The Morgan fingerprint density at radius 3 is 1.67 bits per heavy atom. The van der Waals surface area contributed by atoms with Crippen LogP contribution in [-0.4, -0.2) is 27.8 Å². The van der Waals surface area contributed by atoms with Gasteiger partial charge in [-0.05, 0) is 74.6 Å². The van der Waals surface area contributed by atoms with Crippen molar-refractivity contribution in [2.75, 3.05) is 0 Å². The summed E-state index contributed by atoms with van der Waals surface area (Å²) in [6.45, 7) is 5.64. The molecule has 234 valence electrons. The van der Waals surface area contributed by atoms with Gasteiger partial charge in [-0.1, -0.05) is 30.3 Å². The van der Waals surface area contributed by atoms with Crippen molar-refractivity contribution in [1.29, 1.82) is 0 Å². The Morgan fingerprint density at radius 2 is 1.18 bits per heavy atom. The number of hydrogen-bond donors (Lipinski definition) is 2. The number of aromatic hydroxyl groups is 2. The summed E-state index contributed by atoms with van der Waals surface area (Å²) in [4.78, 5) is 46.8. The maximum atomic E-state index is 11.9. The Balaban J connectivity index is 0.000000207. The lowest BCUT2D eigenvalue weighted by molar-refractivity contribution is -0.154. The van der Waals surface area contributed by atoms with Gasteiger partial charge in [0.2, 0.25) is 0 Å². The second kappa shape index (κ2) is 14.4. The van der Waals surface area contributed by atoms with Crippen LogP contribution in [0, 0.1) is 0 Å². The van der Waals surface area contributed by atoms with Gasteiger partial charge in [0, 0.05) is 47.9 Å². The van der Waals surface area contributed by atoms with Gasteiger partial charge >= 0.3 is 23.2 Å². The first-order valence-corrected chi connectivity index (χ1v) is 14.3. The second-order valence-electron chi connectivity index (χ2n) is 11.3. The molecule has 2 N–H and O–H groups in total. The van der Waals surface area contributed by atoms with Crippen molar-refractivity contribution >= 4 is 33.9 Å². The van der Waals surface area contributed by atoms with Crippen molar-refractivity contribution in [2.45, 2.75) is 58.7 Å². The standard InChI is InChI=1S/C19H16O5.C16H18O5/c20-15-7-8-16-14(10-19(22)24-17(16)11-15)6-9-18(21)23-12-13-4-2-1-3-5-13;1-16(2,3)21-14(18)7-4-10-8-15(19)20-13-9-11(17)5-6-12(10)13/h1-5,7-8,10-11,20H,6,9,12H2;5-6,8-9,17H,4,7H2,1-3H3. The molecule has 45 heavy (non-hydrogen) atoms. The molecular weight excluding hydrogens is 580 g/mol. The van der Waals surface area contributed by atoms with E-state index in [9.17, 15) is 29.4 Å². The maximum absolute atomic E-state index is 11.9. The van der Waals surface area contributed by atoms with E-state index in [1.165, 1.54) is 36.4 Å². The van der Waals surface area contributed by atoms with Crippen LogP contribution in [-0.2, 0) is 38.5 Å². The van der Waals surface area contributed by atoms with E-state index in [0.29, 0.717) is 45.9 Å². The Bertz CT molecular complexity index is 1910. The quantitative estimate of drug-likeness (QED) is 0.158. The monoisotopic (exact) mass is 614 g/mol. The molecule has 0 spiro atoms. The highest BCUT2D eigenvalue weighted by atomic mass is 16.6. The number of rotatable bonds is 8. The van der Waals surface area contributed by atoms with E-state index in [4.69, 9.17) is 18.3 Å². The number of phenols is 2. The van der Waals surface area contributed by atoms with E-state index >= 15 is 0 Å². The minimum Gasteiger partial charge on any atom is -0.508 e. The largest absolute Gasteiger partial charge is 0.508 e. The molecule has 2 heterocycles. The summed E-state index contributed by atoms with van der Waals surface area (Å²) in [5, 5.41) is 20.3. The average molecular weight is 615 g/mol. The molecule has 0 saturated carbocycles. The fraction of sp³-hybridized carbons (Fsp3) is 0.257. The molecule has 0 radical (unpaired) electrons. The molecule has 2 aromatic heterocycles. The number of carbonyl (C=O) groups excluding carboxylic acids is 2. The van der Waals surface area contributed by atoms with E-state index in [-0.39, 0.29) is 42.9 Å². The summed E-state index contributed by atoms with van der Waals surface area (Å²) < 4.78 is 20.6. The van der Waals surface area contributed by atoms with Gasteiger partial charge in [0.15, 0.2) is 0 Å². The second-order valence-corrected chi connectivity index (χ2v) is 11.3. The predicted octanol–water partition coefficient (Wildman–Crippen LogP) is 5.95. The highest BCUT2D eigenvalue weighted by Gasteiger charge is 2.17. The number of hydrogen-bond acceptors (Lipinski definition) is 10. The Morgan fingerprint density at radius 1 is 0.689 bits per heavy atom. The summed E-state index contributed by atoms with van der Waals surface area (Å²) in [7, 11) is 0. The summed E-state index contributed by atoms with van der Waals surface area (Å²) in [6.07, 6.45) is 1.07. The first-order valence-electron chi connectivity index (χ1n) is 14.3. The molecule has 5 aromatic rings. The highest BCUT2D eigenvalue weighted by molar-refractivity contribution is 5.83. The topological polar surface area (TPSA) is 153 Å². The molecule has 0 bridgehead atoms. The molecular formula is C35H34O10. The molecule has 3 aromatic carbocycles. The molecule has 0 fully saturated rings. The van der Waals surface area contributed by atoms with Gasteiger partial charge in [0.25, 0.3) is 0 Å². The van der Waals surface area contributed by atoms with Crippen LogP contribution in [0.15, 0.2) is 97.3 Å². The number of phenolic OH excluding ortho intramolecular Hbond substituents is 2. The molecule has 0 unspecified atom stereocenters. The molecule has 0 amide bonds. The lowest BCUT2D eigenvalue weighted by Crippen LogP contribution is -2.24. The van der Waals surface area contributed by atoms with Crippen molar-refractivity contribution < 1.29 is 38.1 Å². The summed E-state index contributed by atoms with van der Waals surface area (Å²) in [5.74, 6) is -0.610. The third-order valence-electron chi connectivity index (χ3n) is 6.49. The van der Waals surface area contributed by atoms with Crippen LogP contribution in [0.1, 0.15) is 50.3 Å². The zero-order chi connectivity index (χ0) is 32.6. The van der Waals surface area contributed by atoms with Gasteiger partial charge in [-0.3, -0.25) is 9.59 Å². The number of carbonyl (C=O) groups is 2. The fourth-order valence-corrected chi connectivity index (χ4v) is 4.53. The van der Waals surface area contributed by atoms with Crippen LogP contribution in [0.5, 0.6) is 11.5 Å². The Hall–Kier alpha value is -5.38. The van der Waals surface area contributed by atoms with Gasteiger partial charge in [0.1, 0.15) is 34.9 Å². The van der Waals surface area contributed by atoms with Crippen molar-refractivity contribution in [3.05, 3.63) is 116 Å². The van der Waals surface area contributed by atoms with E-state index < -0.39 is 16.9 Å². The van der Waals surface area contributed by atoms with Crippen LogP contribution in [0.25, 0.3) is 21.9 Å². The number of ether oxygens (including phenoxy) is 2. The Kier molecular flexibility index (Phi) is 10.4. The smallest absolute Gasteiger partial charge is 0.336 e. The minimum absolute atomic E-state index is 0.0186. The van der Waals surface area contributed by atoms with Gasteiger partial charge in [-0.2, -0.15) is 0 Å². The molecule has 0 atom stereocenters. The van der Waals surface area contributed by atoms with Crippen LogP contribution in [0.2, 0.25) is 0 Å². The number of fused-ring (bicyclic) bond motifs is 2. The third-order valence-corrected chi connectivity index (χ3v) is 6.49. The lowest BCUT2D eigenvalue weighted by atomic mass is 10.1. The molecule has 10 nitrogen and oxygen atoms in total. The van der Waals surface area contributed by atoms with Gasteiger partial charge in [-0.15, -0.1) is 0 Å². The van der Waals surface area contributed by atoms with Crippen LogP contribution >= 0.6 is 0 Å². The van der Waals surface area contributed by atoms with E-state index in [0.717, 1.165) is 5.56 Å². The van der Waals surface area contributed by atoms with Gasteiger partial charge < -0.3 is 28.5 Å². The van der Waals surface area contributed by atoms with E-state index in [2.05, 4.69) is 0 Å². The SMILES string of the molecule is CC(C)(C)OC(=O)CCc1cc(=O)oc2cc(O)ccc12.O=C(CCc1cc(=O)oc2cc(O)ccc12)OCc1ccccc1. The van der Waals surface area contributed by atoms with Crippen molar-refractivity contribution in [2.24, 2.45) is 0 Å². The Labute approximate surface area is 258 Å². The number of esters is 2. The molecule has 10 heteroatoms. The minimum atomic E-state index is -0.527. The van der Waals surface area contributed by atoms with E-state index in [1.54, 1.807) is 32.9 Å². The first kappa shape index (κ1) is 32.5. The van der Waals surface area contributed by atoms with Gasteiger partial charge in [-0.25, -0.2) is 9.59 Å². The maximum Gasteiger partial charge on any atom is 0.336 e. The number of benzene rings is 3. The summed E-state index contributed by atoms with van der Waals surface area (Å²) >= 11 is 0. The fourth-order valence-electron chi connectivity index (χ4n) is 4.53. The highest BCUT2D eigenvalue weighted by Crippen LogP contribution is 2.24. The van der Waals surface area contributed by atoms with Crippen molar-refractivity contribution in [3.63, 3.8) is 0 Å².